The van der Waals surface area contributed by atoms with Gasteiger partial charge in [-0.15, -0.1) is 12.4 Å². The van der Waals surface area contributed by atoms with Gasteiger partial charge in [-0.1, -0.05) is 44.2 Å². The van der Waals surface area contributed by atoms with Gasteiger partial charge in [0.25, 0.3) is 0 Å². The SMILES string of the molecule is CCC(CC)(CN)C(=O)N1CCC(OCc2ccccc2)CC1.Cl. The highest BCUT2D eigenvalue weighted by atomic mass is 35.5. The van der Waals surface area contributed by atoms with Gasteiger partial charge in [0.05, 0.1) is 18.1 Å². The Bertz CT molecular complexity index is 475. The molecule has 136 valence electrons. The third kappa shape index (κ3) is 4.95. The molecule has 0 aromatic heterocycles. The fourth-order valence-corrected chi connectivity index (χ4v) is 3.28. The molecular formula is C19H31ClN2O2. The highest BCUT2D eigenvalue weighted by Gasteiger charge is 2.38. The molecule has 4 nitrogen and oxygen atoms in total. The third-order valence-electron chi connectivity index (χ3n) is 5.26. The predicted molar refractivity (Wildman–Crippen MR) is 100 cm³/mol. The number of benzene rings is 1. The molecule has 1 amide bonds. The smallest absolute Gasteiger partial charge is 0.230 e. The van der Waals surface area contributed by atoms with Crippen molar-refractivity contribution >= 4 is 18.3 Å². The summed E-state index contributed by atoms with van der Waals surface area (Å²) in [6, 6.07) is 10.2. The molecule has 2 rings (SSSR count). The highest BCUT2D eigenvalue weighted by molar-refractivity contribution is 5.85. The number of hydrogen-bond donors (Lipinski definition) is 1. The van der Waals surface area contributed by atoms with Gasteiger partial charge in [-0.3, -0.25) is 4.79 Å². The van der Waals surface area contributed by atoms with E-state index in [1.807, 2.05) is 23.1 Å². The number of likely N-dealkylation sites (tertiary alicyclic amines) is 1. The van der Waals surface area contributed by atoms with E-state index in [1.165, 1.54) is 5.56 Å². The van der Waals surface area contributed by atoms with Crippen LogP contribution in [-0.2, 0) is 16.1 Å². The lowest BCUT2D eigenvalue weighted by Gasteiger charge is -2.39. The number of ether oxygens (including phenoxy) is 1. The van der Waals surface area contributed by atoms with Crippen LogP contribution in [0.1, 0.15) is 45.1 Å². The maximum atomic E-state index is 12.8. The second-order valence-corrected chi connectivity index (χ2v) is 6.48. The number of carbonyl (C=O) groups excluding carboxylic acids is 1. The van der Waals surface area contributed by atoms with Crippen LogP contribution in [0.4, 0.5) is 0 Å². The van der Waals surface area contributed by atoms with E-state index in [0.717, 1.165) is 38.8 Å². The molecule has 0 spiro atoms. The quantitative estimate of drug-likeness (QED) is 0.816. The molecule has 24 heavy (non-hydrogen) atoms. The van der Waals surface area contributed by atoms with Crippen molar-refractivity contribution in [3.05, 3.63) is 35.9 Å². The van der Waals surface area contributed by atoms with Crippen LogP contribution in [-0.4, -0.2) is 36.5 Å². The number of rotatable bonds is 7. The Morgan fingerprint density at radius 3 is 2.29 bits per heavy atom. The second-order valence-electron chi connectivity index (χ2n) is 6.48. The lowest BCUT2D eigenvalue weighted by Crippen LogP contribution is -2.50. The lowest BCUT2D eigenvalue weighted by molar-refractivity contribution is -0.145. The molecule has 1 fully saturated rings. The van der Waals surface area contributed by atoms with Crippen molar-refractivity contribution in [1.29, 1.82) is 0 Å². The van der Waals surface area contributed by atoms with E-state index in [0.29, 0.717) is 13.2 Å². The zero-order valence-corrected chi connectivity index (χ0v) is 15.7. The molecule has 0 aliphatic carbocycles. The van der Waals surface area contributed by atoms with Gasteiger partial charge in [0.15, 0.2) is 0 Å². The second kappa shape index (κ2) is 10.0. The summed E-state index contributed by atoms with van der Waals surface area (Å²) in [5, 5.41) is 0. The van der Waals surface area contributed by atoms with Crippen LogP contribution < -0.4 is 5.73 Å². The van der Waals surface area contributed by atoms with E-state index >= 15 is 0 Å². The van der Waals surface area contributed by atoms with E-state index in [4.69, 9.17) is 10.5 Å². The van der Waals surface area contributed by atoms with Crippen molar-refractivity contribution in [1.82, 2.24) is 4.90 Å². The Hall–Kier alpha value is -1.10. The van der Waals surface area contributed by atoms with E-state index in [9.17, 15) is 4.79 Å². The van der Waals surface area contributed by atoms with Crippen LogP contribution in [0.5, 0.6) is 0 Å². The van der Waals surface area contributed by atoms with Gasteiger partial charge < -0.3 is 15.4 Å². The van der Waals surface area contributed by atoms with E-state index in [2.05, 4.69) is 26.0 Å². The Labute approximate surface area is 152 Å². The van der Waals surface area contributed by atoms with Crippen LogP contribution in [0.15, 0.2) is 30.3 Å². The first-order chi connectivity index (χ1) is 11.1. The minimum Gasteiger partial charge on any atom is -0.373 e. The number of halogens is 1. The van der Waals surface area contributed by atoms with E-state index in [-0.39, 0.29) is 29.8 Å². The molecular weight excluding hydrogens is 324 g/mol. The van der Waals surface area contributed by atoms with E-state index in [1.54, 1.807) is 0 Å². The Balaban J connectivity index is 0.00000288. The molecule has 0 atom stereocenters. The van der Waals surface area contributed by atoms with Crippen LogP contribution in [0.2, 0.25) is 0 Å². The number of hydrogen-bond acceptors (Lipinski definition) is 3. The summed E-state index contributed by atoms with van der Waals surface area (Å²) >= 11 is 0. The first-order valence-corrected chi connectivity index (χ1v) is 8.80. The summed E-state index contributed by atoms with van der Waals surface area (Å²) in [5.41, 5.74) is 6.73. The molecule has 1 saturated heterocycles. The van der Waals surface area contributed by atoms with Gasteiger partial charge >= 0.3 is 0 Å². The van der Waals surface area contributed by atoms with Gasteiger partial charge in [0.2, 0.25) is 5.91 Å². The molecule has 5 heteroatoms. The fraction of sp³-hybridized carbons (Fsp3) is 0.632. The van der Waals surface area contributed by atoms with Gasteiger partial charge in [0, 0.05) is 19.6 Å². The summed E-state index contributed by atoms with van der Waals surface area (Å²) in [4.78, 5) is 14.8. The van der Waals surface area contributed by atoms with Crippen LogP contribution in [0, 0.1) is 5.41 Å². The first kappa shape index (κ1) is 20.9. The minimum absolute atomic E-state index is 0. The third-order valence-corrected chi connectivity index (χ3v) is 5.26. The molecule has 1 aromatic carbocycles. The molecule has 0 bridgehead atoms. The normalized spacial score (nSPS) is 15.9. The Morgan fingerprint density at radius 2 is 1.79 bits per heavy atom. The standard InChI is InChI=1S/C19H30N2O2.ClH/c1-3-19(4-2,15-20)18(22)21-12-10-17(11-13-21)23-14-16-8-6-5-7-9-16;/h5-9,17H,3-4,10-15,20H2,1-2H3;1H. The van der Waals surface area contributed by atoms with Crippen molar-refractivity contribution in [3.63, 3.8) is 0 Å². The van der Waals surface area contributed by atoms with Crippen LogP contribution >= 0.6 is 12.4 Å². The molecule has 1 aromatic rings. The number of nitrogens with two attached hydrogens (primary N) is 1. The molecule has 1 heterocycles. The lowest BCUT2D eigenvalue weighted by atomic mass is 9.80. The average molecular weight is 355 g/mol. The zero-order chi connectivity index (χ0) is 16.7. The molecule has 0 saturated carbocycles. The highest BCUT2D eigenvalue weighted by Crippen LogP contribution is 2.29. The van der Waals surface area contributed by atoms with Gasteiger partial charge in [-0.2, -0.15) is 0 Å². The number of nitrogens with zero attached hydrogens (tertiary/aromatic N) is 1. The molecule has 1 aliphatic heterocycles. The summed E-state index contributed by atoms with van der Waals surface area (Å²) in [6.07, 6.45) is 3.68. The largest absolute Gasteiger partial charge is 0.373 e. The maximum absolute atomic E-state index is 12.8. The van der Waals surface area contributed by atoms with Gasteiger partial charge in [0.1, 0.15) is 0 Å². The van der Waals surface area contributed by atoms with Crippen molar-refractivity contribution in [2.24, 2.45) is 11.1 Å². The summed E-state index contributed by atoms with van der Waals surface area (Å²) in [7, 11) is 0. The molecule has 1 aliphatic rings. The summed E-state index contributed by atoms with van der Waals surface area (Å²) < 4.78 is 6.00. The topological polar surface area (TPSA) is 55.6 Å². The first-order valence-electron chi connectivity index (χ1n) is 8.80. The average Bonchev–Trinajstić information content (AvgIpc) is 2.63. The van der Waals surface area contributed by atoms with Crippen molar-refractivity contribution < 1.29 is 9.53 Å². The van der Waals surface area contributed by atoms with E-state index < -0.39 is 0 Å². The monoisotopic (exact) mass is 354 g/mol. The minimum atomic E-state index is -0.377. The maximum Gasteiger partial charge on any atom is 0.230 e. The number of piperidine rings is 1. The summed E-state index contributed by atoms with van der Waals surface area (Å²) in [5.74, 6) is 0.228. The van der Waals surface area contributed by atoms with Crippen molar-refractivity contribution in [3.8, 4) is 0 Å². The fourth-order valence-electron chi connectivity index (χ4n) is 3.28. The Kier molecular flexibility index (Phi) is 8.74. The Morgan fingerprint density at radius 1 is 1.21 bits per heavy atom. The predicted octanol–water partition coefficient (Wildman–Crippen LogP) is 3.38. The molecule has 0 unspecified atom stereocenters. The van der Waals surface area contributed by atoms with Gasteiger partial charge in [-0.25, -0.2) is 0 Å². The van der Waals surface area contributed by atoms with Crippen LogP contribution in [0.3, 0.4) is 0 Å². The number of carbonyl (C=O) groups is 1. The molecule has 0 radical (unpaired) electrons. The zero-order valence-electron chi connectivity index (χ0n) is 14.9. The van der Waals surface area contributed by atoms with Crippen molar-refractivity contribution in [2.45, 2.75) is 52.2 Å². The van der Waals surface area contributed by atoms with Crippen LogP contribution in [0.25, 0.3) is 0 Å². The van der Waals surface area contributed by atoms with Crippen molar-refractivity contribution in [2.75, 3.05) is 19.6 Å². The number of amides is 1. The molecule has 2 N–H and O–H groups in total. The van der Waals surface area contributed by atoms with Gasteiger partial charge in [-0.05, 0) is 31.2 Å². The summed E-state index contributed by atoms with van der Waals surface area (Å²) in [6.45, 7) is 6.76.